The van der Waals surface area contributed by atoms with Gasteiger partial charge in [0, 0.05) is 27.9 Å². The van der Waals surface area contributed by atoms with Crippen LogP contribution < -0.4 is 18.9 Å². The van der Waals surface area contributed by atoms with Gasteiger partial charge in [-0.1, -0.05) is 44.5 Å². The molecule has 220 valence electrons. The number of ether oxygens (including phenoxy) is 4. The Bertz CT molecular complexity index is 1710. The molecule has 0 unspecified atom stereocenters. The molecule has 3 aromatic rings. The molecule has 0 saturated carbocycles. The fourth-order valence-electron chi connectivity index (χ4n) is 3.37. The molecule has 0 aliphatic carbocycles. The van der Waals surface area contributed by atoms with E-state index >= 15 is 4.39 Å². The fourth-order valence-corrected chi connectivity index (χ4v) is 3.37. The van der Waals surface area contributed by atoms with E-state index in [-0.39, 0.29) is 50.9 Å². The molecule has 9 heteroatoms. The van der Waals surface area contributed by atoms with E-state index in [0.717, 1.165) is 0 Å². The summed E-state index contributed by atoms with van der Waals surface area (Å²) in [6, 6.07) is 12.9. The van der Waals surface area contributed by atoms with E-state index in [2.05, 4.69) is 26.3 Å². The average molecular weight is 585 g/mol. The van der Waals surface area contributed by atoms with Gasteiger partial charge in [-0.15, -0.1) is 0 Å². The van der Waals surface area contributed by atoms with Crippen molar-refractivity contribution in [2.75, 3.05) is 0 Å². The summed E-state index contributed by atoms with van der Waals surface area (Å²) in [7, 11) is 0. The van der Waals surface area contributed by atoms with Gasteiger partial charge in [0.05, 0.1) is 0 Å². The molecule has 0 aliphatic rings. The Balaban J connectivity index is 2.11. The van der Waals surface area contributed by atoms with E-state index in [4.69, 9.17) is 18.9 Å². The van der Waals surface area contributed by atoms with Gasteiger partial charge in [-0.3, -0.25) is 0 Å². The third-order valence-electron chi connectivity index (χ3n) is 5.70. The zero-order valence-electron chi connectivity index (χ0n) is 24.2. The van der Waals surface area contributed by atoms with Crippen LogP contribution in [0.1, 0.15) is 27.7 Å². The molecule has 0 spiro atoms. The number of carbonyl (C=O) groups excluding carboxylic acids is 4. The number of carbonyl (C=O) groups is 4. The van der Waals surface area contributed by atoms with E-state index in [9.17, 15) is 19.2 Å². The predicted molar refractivity (Wildman–Crippen MR) is 159 cm³/mol. The first-order valence-corrected chi connectivity index (χ1v) is 12.8. The summed E-state index contributed by atoms with van der Waals surface area (Å²) in [5.74, 6) is -3.89. The van der Waals surface area contributed by atoms with Crippen LogP contribution in [0.3, 0.4) is 0 Å². The van der Waals surface area contributed by atoms with E-state index in [1.807, 2.05) is 0 Å². The highest BCUT2D eigenvalue weighted by molar-refractivity contribution is 5.93. The molecule has 0 aromatic heterocycles. The van der Waals surface area contributed by atoms with Crippen molar-refractivity contribution in [3.05, 3.63) is 109 Å². The first-order chi connectivity index (χ1) is 20.2. The molecule has 3 rings (SSSR count). The topological polar surface area (TPSA) is 105 Å². The lowest BCUT2D eigenvalue weighted by atomic mass is 9.98. The summed E-state index contributed by atoms with van der Waals surface area (Å²) in [6.07, 6.45) is 0. The number of hydrogen-bond donors (Lipinski definition) is 0. The van der Waals surface area contributed by atoms with Crippen molar-refractivity contribution < 1.29 is 42.5 Å². The Morgan fingerprint density at radius 2 is 0.814 bits per heavy atom. The second-order valence-electron chi connectivity index (χ2n) is 9.70. The van der Waals surface area contributed by atoms with Gasteiger partial charge in [-0.2, -0.15) is 0 Å². The molecule has 0 aliphatic heterocycles. The third kappa shape index (κ3) is 8.01. The summed E-state index contributed by atoms with van der Waals surface area (Å²) in [4.78, 5) is 48.9. The summed E-state index contributed by atoms with van der Waals surface area (Å²) < 4.78 is 36.5. The van der Waals surface area contributed by atoms with Crippen LogP contribution in [0.5, 0.6) is 23.0 Å². The first-order valence-electron chi connectivity index (χ1n) is 12.8. The van der Waals surface area contributed by atoms with Gasteiger partial charge < -0.3 is 18.9 Å². The minimum Gasteiger partial charge on any atom is -0.419 e. The molecule has 43 heavy (non-hydrogen) atoms. The lowest BCUT2D eigenvalue weighted by Gasteiger charge is -2.15. The van der Waals surface area contributed by atoms with Crippen molar-refractivity contribution in [2.45, 2.75) is 27.7 Å². The highest BCUT2D eigenvalue weighted by atomic mass is 19.1. The summed E-state index contributed by atoms with van der Waals surface area (Å²) in [5.41, 5.74) is 1.86. The third-order valence-corrected chi connectivity index (χ3v) is 5.70. The maximum Gasteiger partial charge on any atom is 0.338 e. The van der Waals surface area contributed by atoms with Crippen molar-refractivity contribution in [3.8, 4) is 45.3 Å². The van der Waals surface area contributed by atoms with Gasteiger partial charge >= 0.3 is 23.9 Å². The minimum absolute atomic E-state index is 0.0300. The molecule has 0 bridgehead atoms. The molecule has 8 nitrogen and oxygen atoms in total. The van der Waals surface area contributed by atoms with Crippen molar-refractivity contribution in [1.29, 1.82) is 0 Å². The van der Waals surface area contributed by atoms with Gasteiger partial charge in [0.1, 0.15) is 5.82 Å². The fraction of sp³-hybridized carbons (Fsp3) is 0.118. The molecular formula is C34H29FO8. The summed E-state index contributed by atoms with van der Waals surface area (Å²) in [5, 5.41) is 0. The van der Waals surface area contributed by atoms with Crippen LogP contribution in [0.2, 0.25) is 0 Å². The van der Waals surface area contributed by atoms with Crippen LogP contribution in [0.25, 0.3) is 22.3 Å². The maximum absolute atomic E-state index is 15.2. The molecule has 0 radical (unpaired) electrons. The monoisotopic (exact) mass is 584 g/mol. The van der Waals surface area contributed by atoms with Crippen molar-refractivity contribution >= 4 is 23.9 Å². The van der Waals surface area contributed by atoms with Crippen LogP contribution in [0.4, 0.5) is 4.39 Å². The smallest absolute Gasteiger partial charge is 0.338 e. The predicted octanol–water partition coefficient (Wildman–Crippen LogP) is 7.09. The lowest BCUT2D eigenvalue weighted by molar-refractivity contribution is -0.132. The Labute approximate surface area is 248 Å². The first kappa shape index (κ1) is 32.0. The molecule has 3 aromatic carbocycles. The number of benzene rings is 3. The van der Waals surface area contributed by atoms with Gasteiger partial charge in [0.25, 0.3) is 0 Å². The Morgan fingerprint density at radius 1 is 0.488 bits per heavy atom. The lowest BCUT2D eigenvalue weighted by Crippen LogP contribution is -2.13. The minimum atomic E-state index is -0.775. The zero-order valence-corrected chi connectivity index (χ0v) is 24.2. The van der Waals surface area contributed by atoms with E-state index in [1.54, 1.807) is 6.07 Å². The van der Waals surface area contributed by atoms with Gasteiger partial charge in [-0.05, 0) is 80.8 Å². The molecule has 0 amide bonds. The number of rotatable bonds is 10. The van der Waals surface area contributed by atoms with Crippen LogP contribution in [0.15, 0.2) is 103 Å². The van der Waals surface area contributed by atoms with Gasteiger partial charge in [-0.25, -0.2) is 23.6 Å². The van der Waals surface area contributed by atoms with Crippen molar-refractivity contribution in [1.82, 2.24) is 0 Å². The van der Waals surface area contributed by atoms with Crippen molar-refractivity contribution in [2.24, 2.45) is 0 Å². The SMILES string of the molecule is C=C(C)C(=O)Oc1ccc(-c2ccc(F)c(-c3ccc(OC(=O)C(=C)C)c(OC(=O)C(=C)C)c3)c2)cc1OC(=O)C(=C)C. The second kappa shape index (κ2) is 13.4. The van der Waals surface area contributed by atoms with Crippen LogP contribution >= 0.6 is 0 Å². The van der Waals surface area contributed by atoms with E-state index in [1.165, 1.54) is 76.2 Å². The number of halogens is 1. The Kier molecular flexibility index (Phi) is 9.95. The van der Waals surface area contributed by atoms with Crippen LogP contribution in [0, 0.1) is 5.82 Å². The van der Waals surface area contributed by atoms with Crippen LogP contribution in [-0.4, -0.2) is 23.9 Å². The van der Waals surface area contributed by atoms with E-state index < -0.39 is 29.7 Å². The summed E-state index contributed by atoms with van der Waals surface area (Å²) in [6.45, 7) is 20.0. The van der Waals surface area contributed by atoms with Crippen molar-refractivity contribution in [3.63, 3.8) is 0 Å². The molecule has 0 heterocycles. The molecule has 0 saturated heterocycles. The molecule has 0 N–H and O–H groups in total. The maximum atomic E-state index is 15.2. The average Bonchev–Trinajstić information content (AvgIpc) is 2.94. The number of esters is 4. The molecule has 0 atom stereocenters. The highest BCUT2D eigenvalue weighted by Crippen LogP contribution is 2.38. The van der Waals surface area contributed by atoms with Crippen LogP contribution in [-0.2, 0) is 19.2 Å². The standard InChI is InChI=1S/C34H29FO8/c1-18(2)31(36)40-27-13-10-23(16-29(27)42-33(38)20(5)6)22-9-12-26(35)25(15-22)24-11-14-28(41-32(37)19(3)4)30(17-24)43-34(39)21(7)8/h9-17H,1,3,5,7H2,2,4,6,8H3. The summed E-state index contributed by atoms with van der Waals surface area (Å²) >= 11 is 0. The number of hydrogen-bond acceptors (Lipinski definition) is 8. The molecule has 0 fully saturated rings. The zero-order chi connectivity index (χ0) is 32.0. The quantitative estimate of drug-likeness (QED) is 0.141. The Morgan fingerprint density at radius 3 is 1.23 bits per heavy atom. The molecular weight excluding hydrogens is 555 g/mol. The van der Waals surface area contributed by atoms with E-state index in [0.29, 0.717) is 16.7 Å². The van der Waals surface area contributed by atoms with Gasteiger partial charge in [0.2, 0.25) is 0 Å². The Hall–Kier alpha value is -5.57. The highest BCUT2D eigenvalue weighted by Gasteiger charge is 2.19. The second-order valence-corrected chi connectivity index (χ2v) is 9.70. The normalized spacial score (nSPS) is 10.3. The van der Waals surface area contributed by atoms with Gasteiger partial charge in [0.15, 0.2) is 23.0 Å². The largest absolute Gasteiger partial charge is 0.419 e.